The molecule has 0 unspecified atom stereocenters. The molecule has 0 atom stereocenters. The third kappa shape index (κ3) is 9.48. The molecule has 3 aromatic rings. The molecule has 1 fully saturated rings. The Bertz CT molecular complexity index is 1290. The highest BCUT2D eigenvalue weighted by molar-refractivity contribution is 5.96. The van der Waals surface area contributed by atoms with Crippen molar-refractivity contribution in [1.82, 2.24) is 20.3 Å². The first-order chi connectivity index (χ1) is 18.9. The fourth-order valence-electron chi connectivity index (χ4n) is 4.40. The standard InChI is InChI=1S/C22H23N3O.C9H19FN2O2/c23-19-9-4-6-15-12-13-16(14-18(15)19)20-10-5-11-21(25-20)22(26)24-17-7-2-1-3-8-17;1-9(2,3)14-8(13)11(4)6-7-12(5)10/h4-6,9-14,17H,1-3,7-8,23H2,(H,24,26);6-7H2,1-5H3. The molecule has 40 heavy (non-hydrogen) atoms. The summed E-state index contributed by atoms with van der Waals surface area (Å²) in [6, 6.07) is 17.9. The molecule has 2 aromatic carbocycles. The zero-order valence-electron chi connectivity index (χ0n) is 24.2. The number of nitrogens with zero attached hydrogens (tertiary/aromatic N) is 3. The minimum absolute atomic E-state index is 0.0842. The maximum absolute atomic E-state index is 12.6. The van der Waals surface area contributed by atoms with Crippen molar-refractivity contribution in [3.8, 4) is 11.3 Å². The predicted octanol–water partition coefficient (Wildman–Crippen LogP) is 6.22. The number of benzene rings is 2. The second-order valence-electron chi connectivity index (χ2n) is 11.2. The number of pyridine rings is 1. The fraction of sp³-hybridized carbons (Fsp3) is 0.452. The number of anilines is 1. The van der Waals surface area contributed by atoms with Crippen molar-refractivity contribution in [3.63, 3.8) is 0 Å². The van der Waals surface area contributed by atoms with Gasteiger partial charge in [-0.1, -0.05) is 49.6 Å². The molecule has 1 aliphatic carbocycles. The summed E-state index contributed by atoms with van der Waals surface area (Å²) < 4.78 is 17.4. The monoisotopic (exact) mass is 551 g/mol. The number of halogens is 1. The van der Waals surface area contributed by atoms with Gasteiger partial charge in [-0.2, -0.15) is 0 Å². The number of ether oxygens (including phenoxy) is 1. The lowest BCUT2D eigenvalue weighted by Gasteiger charge is -2.24. The summed E-state index contributed by atoms with van der Waals surface area (Å²) in [4.78, 5) is 29.8. The number of carbonyl (C=O) groups is 2. The molecule has 0 saturated heterocycles. The molecule has 3 N–H and O–H groups in total. The van der Waals surface area contributed by atoms with E-state index in [1.54, 1.807) is 33.9 Å². The van der Waals surface area contributed by atoms with E-state index in [4.69, 9.17) is 10.5 Å². The third-order valence-electron chi connectivity index (χ3n) is 6.58. The SMILES string of the molecule is CN(F)CCN(C)C(=O)OC(C)(C)C.Nc1cccc2ccc(-c3cccc(C(=O)NC4CCCCC4)n3)cc12. The molecule has 216 valence electrons. The van der Waals surface area contributed by atoms with Crippen LogP contribution in [0.2, 0.25) is 0 Å². The average molecular weight is 552 g/mol. The molecule has 1 heterocycles. The average Bonchev–Trinajstić information content (AvgIpc) is 2.92. The second kappa shape index (κ2) is 14.1. The van der Waals surface area contributed by atoms with Gasteiger partial charge in [0.2, 0.25) is 0 Å². The van der Waals surface area contributed by atoms with Crippen LogP contribution in [0.5, 0.6) is 0 Å². The van der Waals surface area contributed by atoms with E-state index in [9.17, 15) is 14.1 Å². The summed E-state index contributed by atoms with van der Waals surface area (Å²) in [6.45, 7) is 5.86. The molecular formula is C31H42FN5O3. The first kappa shape index (κ1) is 30.8. The number of hydrogen-bond donors (Lipinski definition) is 2. The van der Waals surface area contributed by atoms with Gasteiger partial charge in [0, 0.05) is 49.9 Å². The summed E-state index contributed by atoms with van der Waals surface area (Å²) in [5.74, 6) is -0.0842. The highest BCUT2D eigenvalue weighted by Gasteiger charge is 2.20. The first-order valence-electron chi connectivity index (χ1n) is 13.8. The Labute approximate surface area is 236 Å². The van der Waals surface area contributed by atoms with Crippen molar-refractivity contribution in [1.29, 1.82) is 0 Å². The first-order valence-corrected chi connectivity index (χ1v) is 13.8. The van der Waals surface area contributed by atoms with Crippen LogP contribution in [0.25, 0.3) is 22.0 Å². The number of nitrogens with two attached hydrogens (primary N) is 1. The van der Waals surface area contributed by atoms with E-state index in [0.717, 1.165) is 40.6 Å². The Morgan fingerprint density at radius 1 is 1.02 bits per heavy atom. The number of aromatic nitrogens is 1. The highest BCUT2D eigenvalue weighted by Crippen LogP contribution is 2.27. The van der Waals surface area contributed by atoms with E-state index >= 15 is 0 Å². The van der Waals surface area contributed by atoms with Gasteiger partial charge < -0.3 is 20.7 Å². The molecule has 1 aliphatic rings. The van der Waals surface area contributed by atoms with Crippen molar-refractivity contribution in [2.75, 3.05) is 32.9 Å². The fourth-order valence-corrected chi connectivity index (χ4v) is 4.40. The van der Waals surface area contributed by atoms with Gasteiger partial charge in [0.05, 0.1) is 5.69 Å². The summed E-state index contributed by atoms with van der Waals surface area (Å²) in [5, 5.41) is 5.76. The maximum atomic E-state index is 12.6. The normalized spacial score (nSPS) is 13.9. The van der Waals surface area contributed by atoms with Crippen molar-refractivity contribution in [3.05, 3.63) is 60.3 Å². The van der Waals surface area contributed by atoms with Gasteiger partial charge in [0.25, 0.3) is 5.91 Å². The van der Waals surface area contributed by atoms with Crippen molar-refractivity contribution >= 4 is 28.5 Å². The van der Waals surface area contributed by atoms with Crippen molar-refractivity contribution in [2.45, 2.75) is 64.5 Å². The molecule has 2 amide bonds. The lowest BCUT2D eigenvalue weighted by Crippen LogP contribution is -2.37. The van der Waals surface area contributed by atoms with Crippen LogP contribution < -0.4 is 11.1 Å². The number of hydrogen-bond acceptors (Lipinski definition) is 6. The molecule has 9 heteroatoms. The van der Waals surface area contributed by atoms with Gasteiger partial charge in [-0.05, 0) is 63.3 Å². The number of amides is 2. The molecule has 0 radical (unpaired) electrons. The maximum Gasteiger partial charge on any atom is 0.410 e. The second-order valence-corrected chi connectivity index (χ2v) is 11.2. The molecule has 8 nitrogen and oxygen atoms in total. The summed E-state index contributed by atoms with van der Waals surface area (Å²) in [7, 11) is 2.89. The predicted molar refractivity (Wildman–Crippen MR) is 159 cm³/mol. The van der Waals surface area contributed by atoms with Crippen LogP contribution in [0.1, 0.15) is 63.4 Å². The van der Waals surface area contributed by atoms with Gasteiger partial charge in [-0.25, -0.2) is 9.78 Å². The molecular weight excluding hydrogens is 509 g/mol. The van der Waals surface area contributed by atoms with E-state index in [-0.39, 0.29) is 18.5 Å². The molecule has 1 saturated carbocycles. The lowest BCUT2D eigenvalue weighted by atomic mass is 9.95. The van der Waals surface area contributed by atoms with Crippen LogP contribution in [0.4, 0.5) is 15.0 Å². The van der Waals surface area contributed by atoms with Crippen molar-refractivity contribution in [2.24, 2.45) is 0 Å². The van der Waals surface area contributed by atoms with Crippen LogP contribution in [0, 0.1) is 0 Å². The summed E-state index contributed by atoms with van der Waals surface area (Å²) in [6.07, 6.45) is 5.35. The van der Waals surface area contributed by atoms with E-state index in [1.807, 2.05) is 48.5 Å². The Balaban J connectivity index is 0.000000270. The van der Waals surface area contributed by atoms with E-state index in [1.165, 1.54) is 31.2 Å². The number of nitrogen functional groups attached to an aromatic ring is 1. The molecule has 0 spiro atoms. The van der Waals surface area contributed by atoms with Crippen LogP contribution in [0.3, 0.4) is 0 Å². The zero-order chi connectivity index (χ0) is 29.3. The number of fused-ring (bicyclic) bond motifs is 1. The van der Waals surface area contributed by atoms with Gasteiger partial charge in [-0.15, -0.1) is 9.60 Å². The quantitative estimate of drug-likeness (QED) is 0.279. The number of rotatable bonds is 6. The Kier molecular flexibility index (Phi) is 10.8. The number of likely N-dealkylation sites (N-methyl/N-ethyl adjacent to an activating group) is 2. The van der Waals surface area contributed by atoms with Gasteiger partial charge >= 0.3 is 6.09 Å². The molecule has 0 bridgehead atoms. The van der Waals surface area contributed by atoms with Crippen LogP contribution in [-0.2, 0) is 4.74 Å². The van der Waals surface area contributed by atoms with Crippen molar-refractivity contribution < 1.29 is 18.8 Å². The number of nitrogens with one attached hydrogen (secondary N) is 1. The van der Waals surface area contributed by atoms with Gasteiger partial charge in [0.1, 0.15) is 11.3 Å². The molecule has 4 rings (SSSR count). The smallest absolute Gasteiger partial charge is 0.410 e. The minimum Gasteiger partial charge on any atom is -0.444 e. The van der Waals surface area contributed by atoms with E-state index < -0.39 is 11.7 Å². The van der Waals surface area contributed by atoms with Crippen LogP contribution in [0.15, 0.2) is 54.6 Å². The number of carbonyl (C=O) groups excluding carboxylic acids is 2. The lowest BCUT2D eigenvalue weighted by molar-refractivity contribution is 0.0177. The van der Waals surface area contributed by atoms with Crippen LogP contribution >= 0.6 is 0 Å². The largest absolute Gasteiger partial charge is 0.444 e. The van der Waals surface area contributed by atoms with E-state index in [2.05, 4.69) is 10.3 Å². The molecule has 0 aliphatic heterocycles. The van der Waals surface area contributed by atoms with Gasteiger partial charge in [0.15, 0.2) is 0 Å². The Morgan fingerprint density at radius 3 is 2.40 bits per heavy atom. The summed E-state index contributed by atoms with van der Waals surface area (Å²) >= 11 is 0. The Morgan fingerprint density at radius 2 is 1.73 bits per heavy atom. The highest BCUT2D eigenvalue weighted by atomic mass is 19.2. The zero-order valence-corrected chi connectivity index (χ0v) is 24.2. The third-order valence-corrected chi connectivity index (χ3v) is 6.58. The minimum atomic E-state index is -0.507. The molecule has 1 aromatic heterocycles. The van der Waals surface area contributed by atoms with Crippen LogP contribution in [-0.4, -0.2) is 65.8 Å². The topological polar surface area (TPSA) is 101 Å². The van der Waals surface area contributed by atoms with E-state index in [0.29, 0.717) is 17.4 Å². The van der Waals surface area contributed by atoms with Gasteiger partial charge in [-0.3, -0.25) is 4.79 Å². The Hall–Kier alpha value is -3.72. The summed E-state index contributed by atoms with van der Waals surface area (Å²) in [5.41, 5.74) is 8.55.